The van der Waals surface area contributed by atoms with E-state index < -0.39 is 0 Å². The third-order valence-corrected chi connectivity index (χ3v) is 3.56. The predicted molar refractivity (Wildman–Crippen MR) is 96.8 cm³/mol. The van der Waals surface area contributed by atoms with Crippen LogP contribution < -0.4 is 18.9 Å². The lowest BCUT2D eigenvalue weighted by Gasteiger charge is -2.12. The molecule has 0 aliphatic rings. The highest BCUT2D eigenvalue weighted by molar-refractivity contribution is 5.42. The summed E-state index contributed by atoms with van der Waals surface area (Å²) in [5, 5.41) is 0. The van der Waals surface area contributed by atoms with Crippen LogP contribution in [0.1, 0.15) is 12.0 Å². The number of nitrogens with zero attached hydrogens (tertiary/aromatic N) is 2. The molecule has 0 saturated heterocycles. The number of benzene rings is 1. The summed E-state index contributed by atoms with van der Waals surface area (Å²) in [7, 11) is 7.32. The van der Waals surface area contributed by atoms with E-state index in [0.29, 0.717) is 36.2 Å². The Hall–Kier alpha value is -2.47. The predicted octanol–water partition coefficient (Wildman–Crippen LogP) is 3.01. The van der Waals surface area contributed by atoms with Crippen molar-refractivity contribution in [2.75, 3.05) is 41.5 Å². The fourth-order valence-electron chi connectivity index (χ4n) is 2.26. The summed E-state index contributed by atoms with van der Waals surface area (Å²) in [6.07, 6.45) is 4.33. The molecule has 2 rings (SSSR count). The van der Waals surface area contributed by atoms with E-state index in [1.807, 2.05) is 38.4 Å². The van der Waals surface area contributed by atoms with Crippen molar-refractivity contribution in [3.8, 4) is 23.0 Å². The van der Waals surface area contributed by atoms with Crippen molar-refractivity contribution >= 4 is 0 Å². The quantitative estimate of drug-likeness (QED) is 0.617. The highest BCUT2D eigenvalue weighted by Crippen LogP contribution is 2.28. The molecular weight excluding hydrogens is 320 g/mol. The van der Waals surface area contributed by atoms with Crippen molar-refractivity contribution in [3.63, 3.8) is 0 Å². The van der Waals surface area contributed by atoms with Crippen LogP contribution in [0.5, 0.6) is 23.0 Å². The summed E-state index contributed by atoms with van der Waals surface area (Å²) < 4.78 is 22.1. The van der Waals surface area contributed by atoms with Crippen molar-refractivity contribution < 1.29 is 18.9 Å². The van der Waals surface area contributed by atoms with Crippen LogP contribution in [-0.4, -0.2) is 51.4 Å². The maximum atomic E-state index is 5.80. The van der Waals surface area contributed by atoms with Crippen molar-refractivity contribution in [1.29, 1.82) is 0 Å². The smallest absolute Gasteiger partial charge is 0.161 e. The summed E-state index contributed by atoms with van der Waals surface area (Å²) in [5.74, 6) is 2.75. The van der Waals surface area contributed by atoms with E-state index in [0.717, 1.165) is 18.5 Å². The Balaban J connectivity index is 1.89. The van der Waals surface area contributed by atoms with Crippen LogP contribution in [0.4, 0.5) is 0 Å². The summed E-state index contributed by atoms with van der Waals surface area (Å²) in [4.78, 5) is 6.30. The molecule has 0 aliphatic heterocycles. The topological polar surface area (TPSA) is 53.0 Å². The van der Waals surface area contributed by atoms with Gasteiger partial charge in [-0.2, -0.15) is 0 Å². The first-order valence-electron chi connectivity index (χ1n) is 8.18. The molecule has 25 heavy (non-hydrogen) atoms. The minimum atomic E-state index is 0.409. The molecule has 0 spiro atoms. The number of methoxy groups -OCH3 is 2. The van der Waals surface area contributed by atoms with Crippen LogP contribution in [0.15, 0.2) is 36.7 Å². The molecule has 0 saturated carbocycles. The lowest BCUT2D eigenvalue weighted by Crippen LogP contribution is -2.15. The number of ether oxygens (including phenoxy) is 4. The summed E-state index contributed by atoms with van der Waals surface area (Å²) in [5.41, 5.74) is 0.981. The molecule has 1 aromatic carbocycles. The van der Waals surface area contributed by atoms with Gasteiger partial charge in [0.05, 0.1) is 33.2 Å². The fourth-order valence-corrected chi connectivity index (χ4v) is 2.26. The second-order valence-corrected chi connectivity index (χ2v) is 5.84. The molecule has 0 aliphatic carbocycles. The van der Waals surface area contributed by atoms with Crippen molar-refractivity contribution in [2.24, 2.45) is 0 Å². The molecule has 0 unspecified atom stereocenters. The largest absolute Gasteiger partial charge is 0.493 e. The molecule has 0 amide bonds. The summed E-state index contributed by atoms with van der Waals surface area (Å²) in [6, 6.07) is 7.55. The number of pyridine rings is 1. The third kappa shape index (κ3) is 6.15. The van der Waals surface area contributed by atoms with E-state index in [1.165, 1.54) is 0 Å². The second-order valence-electron chi connectivity index (χ2n) is 5.84. The van der Waals surface area contributed by atoms with Gasteiger partial charge >= 0.3 is 0 Å². The first-order valence-corrected chi connectivity index (χ1v) is 8.18. The van der Waals surface area contributed by atoms with Gasteiger partial charge in [0.15, 0.2) is 11.5 Å². The van der Waals surface area contributed by atoms with Crippen LogP contribution in [0.2, 0.25) is 0 Å². The summed E-state index contributed by atoms with van der Waals surface area (Å²) >= 11 is 0. The zero-order valence-electron chi connectivity index (χ0n) is 15.3. The van der Waals surface area contributed by atoms with Gasteiger partial charge in [-0.3, -0.25) is 4.98 Å². The zero-order chi connectivity index (χ0) is 18.1. The van der Waals surface area contributed by atoms with Crippen LogP contribution in [0.3, 0.4) is 0 Å². The molecule has 0 N–H and O–H groups in total. The van der Waals surface area contributed by atoms with Crippen molar-refractivity contribution in [1.82, 2.24) is 9.88 Å². The highest BCUT2D eigenvalue weighted by atomic mass is 16.5. The second kappa shape index (κ2) is 9.74. The van der Waals surface area contributed by atoms with E-state index in [9.17, 15) is 0 Å². The SMILES string of the molecule is COc1ccc(COc2cncc(OCCCN(C)C)c2)cc1OC. The number of rotatable bonds is 10. The molecule has 1 heterocycles. The summed E-state index contributed by atoms with van der Waals surface area (Å²) in [6.45, 7) is 2.05. The van der Waals surface area contributed by atoms with E-state index in [1.54, 1.807) is 26.6 Å². The zero-order valence-corrected chi connectivity index (χ0v) is 15.3. The lowest BCUT2D eigenvalue weighted by molar-refractivity contribution is 0.274. The van der Waals surface area contributed by atoms with Gasteiger partial charge in [-0.25, -0.2) is 0 Å². The van der Waals surface area contributed by atoms with Gasteiger partial charge in [0.2, 0.25) is 0 Å². The third-order valence-electron chi connectivity index (χ3n) is 3.56. The molecule has 6 nitrogen and oxygen atoms in total. The molecule has 2 aromatic rings. The Morgan fingerprint density at radius 1 is 0.920 bits per heavy atom. The molecule has 1 aromatic heterocycles. The molecule has 6 heteroatoms. The van der Waals surface area contributed by atoms with E-state index in [2.05, 4.69) is 9.88 Å². The molecule has 0 atom stereocenters. The minimum absolute atomic E-state index is 0.409. The lowest BCUT2D eigenvalue weighted by atomic mass is 10.2. The minimum Gasteiger partial charge on any atom is -0.493 e. The Morgan fingerprint density at radius 3 is 2.32 bits per heavy atom. The Kier molecular flexibility index (Phi) is 7.35. The van der Waals surface area contributed by atoms with E-state index >= 15 is 0 Å². The molecule has 136 valence electrons. The van der Waals surface area contributed by atoms with Gasteiger partial charge in [-0.05, 0) is 38.2 Å². The average molecular weight is 346 g/mol. The van der Waals surface area contributed by atoms with Gasteiger partial charge in [-0.1, -0.05) is 6.07 Å². The Bertz CT molecular complexity index is 662. The van der Waals surface area contributed by atoms with Gasteiger partial charge in [0.1, 0.15) is 18.1 Å². The maximum Gasteiger partial charge on any atom is 0.161 e. The van der Waals surface area contributed by atoms with Gasteiger partial charge in [-0.15, -0.1) is 0 Å². The first kappa shape index (κ1) is 18.9. The molecular formula is C19H26N2O4. The van der Waals surface area contributed by atoms with Crippen molar-refractivity contribution in [2.45, 2.75) is 13.0 Å². The monoisotopic (exact) mass is 346 g/mol. The van der Waals surface area contributed by atoms with Gasteiger partial charge < -0.3 is 23.8 Å². The molecule has 0 fully saturated rings. The molecule has 0 radical (unpaired) electrons. The molecule has 0 bridgehead atoms. The maximum absolute atomic E-state index is 5.80. The highest BCUT2D eigenvalue weighted by Gasteiger charge is 2.06. The number of aromatic nitrogens is 1. The standard InChI is InChI=1S/C19H26N2O4/c1-21(2)8-5-9-24-16-11-17(13-20-12-16)25-14-15-6-7-18(22-3)19(10-15)23-4/h6-7,10-13H,5,8-9,14H2,1-4H3. The average Bonchev–Trinajstić information content (AvgIpc) is 2.63. The van der Waals surface area contributed by atoms with Crippen molar-refractivity contribution in [3.05, 3.63) is 42.2 Å². The Labute approximate surface area is 149 Å². The van der Waals surface area contributed by atoms with E-state index in [-0.39, 0.29) is 0 Å². The van der Waals surface area contributed by atoms with Gasteiger partial charge in [0.25, 0.3) is 0 Å². The Morgan fingerprint density at radius 2 is 1.64 bits per heavy atom. The normalized spacial score (nSPS) is 10.6. The first-order chi connectivity index (χ1) is 12.1. The number of hydrogen-bond acceptors (Lipinski definition) is 6. The number of hydrogen-bond donors (Lipinski definition) is 0. The van der Waals surface area contributed by atoms with Crippen LogP contribution >= 0.6 is 0 Å². The van der Waals surface area contributed by atoms with E-state index in [4.69, 9.17) is 18.9 Å². The van der Waals surface area contributed by atoms with Crippen LogP contribution in [-0.2, 0) is 6.61 Å². The van der Waals surface area contributed by atoms with Crippen LogP contribution in [0.25, 0.3) is 0 Å². The van der Waals surface area contributed by atoms with Gasteiger partial charge in [0, 0.05) is 12.6 Å². The fraction of sp³-hybridized carbons (Fsp3) is 0.421. The van der Waals surface area contributed by atoms with Crippen LogP contribution in [0, 0.1) is 0 Å².